The van der Waals surface area contributed by atoms with Crippen LogP contribution in [-0.2, 0) is 4.74 Å². The van der Waals surface area contributed by atoms with Crippen molar-refractivity contribution in [3.63, 3.8) is 0 Å². The van der Waals surface area contributed by atoms with Crippen molar-refractivity contribution in [2.75, 3.05) is 31.7 Å². The largest absolute Gasteiger partial charge is 0.383 e. The molecule has 0 amide bonds. The van der Waals surface area contributed by atoms with Crippen LogP contribution in [0.3, 0.4) is 0 Å². The van der Waals surface area contributed by atoms with Gasteiger partial charge in [-0.25, -0.2) is 0 Å². The molecule has 2 aromatic carbocycles. The van der Waals surface area contributed by atoms with E-state index in [-0.39, 0.29) is 5.78 Å². The summed E-state index contributed by atoms with van der Waals surface area (Å²) in [7, 11) is 1.69. The molecule has 0 heterocycles. The number of nitrogens with zero attached hydrogens (tertiary/aromatic N) is 1. The van der Waals surface area contributed by atoms with E-state index in [9.17, 15) is 4.79 Å². The molecule has 3 nitrogen and oxygen atoms in total. The van der Waals surface area contributed by atoms with Crippen LogP contribution in [0, 0.1) is 0 Å². The van der Waals surface area contributed by atoms with Crippen molar-refractivity contribution in [1.82, 2.24) is 0 Å². The van der Waals surface area contributed by atoms with E-state index in [2.05, 4.69) is 17.0 Å². The van der Waals surface area contributed by atoms with Crippen LogP contribution in [0.1, 0.15) is 16.8 Å². The Hall–Kier alpha value is -2.13. The maximum Gasteiger partial charge on any atom is 0.164 e. The Morgan fingerprint density at radius 1 is 0.952 bits per heavy atom. The first kappa shape index (κ1) is 15.3. The van der Waals surface area contributed by atoms with Gasteiger partial charge in [-0.05, 0) is 12.1 Å². The van der Waals surface area contributed by atoms with Gasteiger partial charge in [-0.1, -0.05) is 48.5 Å². The first-order chi connectivity index (χ1) is 10.3. The number of carbonyl (C=O) groups excluding carboxylic acids is 1. The summed E-state index contributed by atoms with van der Waals surface area (Å²) in [5.74, 6) is 0.175. The van der Waals surface area contributed by atoms with Crippen LogP contribution in [0.15, 0.2) is 60.7 Å². The second-order valence-electron chi connectivity index (χ2n) is 4.85. The van der Waals surface area contributed by atoms with Crippen molar-refractivity contribution in [3.8, 4) is 0 Å². The van der Waals surface area contributed by atoms with Gasteiger partial charge in [0.2, 0.25) is 0 Å². The number of para-hydroxylation sites is 1. The first-order valence-electron chi connectivity index (χ1n) is 7.18. The Morgan fingerprint density at radius 2 is 1.57 bits per heavy atom. The number of Topliss-reactive ketones (excluding diaryl/α,β-unsaturated/α-hetero) is 1. The van der Waals surface area contributed by atoms with E-state index in [0.29, 0.717) is 19.6 Å². The van der Waals surface area contributed by atoms with Crippen LogP contribution in [0.25, 0.3) is 0 Å². The summed E-state index contributed by atoms with van der Waals surface area (Å²) in [5.41, 5.74) is 1.90. The Morgan fingerprint density at radius 3 is 2.19 bits per heavy atom. The second kappa shape index (κ2) is 8.22. The van der Waals surface area contributed by atoms with Crippen LogP contribution in [-0.4, -0.2) is 32.6 Å². The van der Waals surface area contributed by atoms with E-state index >= 15 is 0 Å². The summed E-state index contributed by atoms with van der Waals surface area (Å²) in [5, 5.41) is 0. The lowest BCUT2D eigenvalue weighted by Gasteiger charge is -2.24. The molecular formula is C18H21NO2. The van der Waals surface area contributed by atoms with Crippen molar-refractivity contribution in [3.05, 3.63) is 66.2 Å². The molecule has 0 aliphatic carbocycles. The van der Waals surface area contributed by atoms with Crippen LogP contribution >= 0.6 is 0 Å². The summed E-state index contributed by atoms with van der Waals surface area (Å²) >= 11 is 0. The number of ketones is 1. The third-order valence-corrected chi connectivity index (χ3v) is 3.39. The third kappa shape index (κ3) is 4.72. The van der Waals surface area contributed by atoms with Gasteiger partial charge in [0, 0.05) is 37.9 Å². The lowest BCUT2D eigenvalue weighted by atomic mass is 10.1. The molecule has 0 radical (unpaired) electrons. The number of ether oxygens (including phenoxy) is 1. The van der Waals surface area contributed by atoms with Crippen molar-refractivity contribution in [1.29, 1.82) is 0 Å². The molecule has 0 aromatic heterocycles. The summed E-state index contributed by atoms with van der Waals surface area (Å²) in [6.07, 6.45) is 0.503. The Balaban J connectivity index is 1.97. The summed E-state index contributed by atoms with van der Waals surface area (Å²) < 4.78 is 5.16. The summed E-state index contributed by atoms with van der Waals surface area (Å²) in [4.78, 5) is 14.4. The minimum absolute atomic E-state index is 0.175. The van der Waals surface area contributed by atoms with Gasteiger partial charge in [-0.15, -0.1) is 0 Å². The Kier molecular flexibility index (Phi) is 5.98. The number of rotatable bonds is 8. The van der Waals surface area contributed by atoms with E-state index in [1.807, 2.05) is 48.5 Å². The molecule has 3 heteroatoms. The second-order valence-corrected chi connectivity index (χ2v) is 4.85. The molecular weight excluding hydrogens is 262 g/mol. The van der Waals surface area contributed by atoms with E-state index in [1.54, 1.807) is 7.11 Å². The minimum Gasteiger partial charge on any atom is -0.383 e. The topological polar surface area (TPSA) is 29.5 Å². The maximum atomic E-state index is 12.2. The monoisotopic (exact) mass is 283 g/mol. The Bertz CT molecular complexity index is 540. The van der Waals surface area contributed by atoms with Gasteiger partial charge < -0.3 is 9.64 Å². The standard InChI is InChI=1S/C18H21NO2/c1-21-15-14-19(17-10-6-3-7-11-17)13-12-18(20)16-8-4-2-5-9-16/h2-11H,12-15H2,1H3. The maximum absolute atomic E-state index is 12.2. The SMILES string of the molecule is COCCN(CCC(=O)c1ccccc1)c1ccccc1. The number of benzene rings is 2. The number of anilines is 1. The van der Waals surface area contributed by atoms with E-state index < -0.39 is 0 Å². The van der Waals surface area contributed by atoms with Gasteiger partial charge >= 0.3 is 0 Å². The molecule has 2 rings (SSSR count). The average Bonchev–Trinajstić information content (AvgIpc) is 2.56. The fraction of sp³-hybridized carbons (Fsp3) is 0.278. The normalized spacial score (nSPS) is 10.3. The van der Waals surface area contributed by atoms with Crippen molar-refractivity contribution in [2.24, 2.45) is 0 Å². The molecule has 0 bridgehead atoms. The summed E-state index contributed by atoms with van der Waals surface area (Å²) in [6.45, 7) is 2.12. The first-order valence-corrected chi connectivity index (χ1v) is 7.18. The van der Waals surface area contributed by atoms with Crippen molar-refractivity contribution >= 4 is 11.5 Å². The molecule has 0 unspecified atom stereocenters. The predicted molar refractivity (Wildman–Crippen MR) is 85.9 cm³/mol. The number of methoxy groups -OCH3 is 1. The van der Waals surface area contributed by atoms with Gasteiger partial charge in [-0.2, -0.15) is 0 Å². The molecule has 0 spiro atoms. The molecule has 21 heavy (non-hydrogen) atoms. The molecule has 0 saturated heterocycles. The fourth-order valence-electron chi connectivity index (χ4n) is 2.22. The molecule has 0 aliphatic rings. The lowest BCUT2D eigenvalue weighted by molar-refractivity contribution is 0.0984. The predicted octanol–water partition coefficient (Wildman–Crippen LogP) is 3.41. The summed E-state index contributed by atoms with van der Waals surface area (Å²) in [6, 6.07) is 19.6. The average molecular weight is 283 g/mol. The van der Waals surface area contributed by atoms with Crippen LogP contribution < -0.4 is 4.90 Å². The molecule has 0 saturated carbocycles. The molecule has 110 valence electrons. The zero-order valence-corrected chi connectivity index (χ0v) is 12.4. The van der Waals surface area contributed by atoms with Gasteiger partial charge in [0.1, 0.15) is 0 Å². The van der Waals surface area contributed by atoms with Crippen molar-refractivity contribution < 1.29 is 9.53 Å². The zero-order chi connectivity index (χ0) is 14.9. The lowest BCUT2D eigenvalue weighted by Crippen LogP contribution is -2.29. The van der Waals surface area contributed by atoms with Gasteiger partial charge in [0.25, 0.3) is 0 Å². The zero-order valence-electron chi connectivity index (χ0n) is 12.4. The number of hydrogen-bond donors (Lipinski definition) is 0. The molecule has 0 atom stereocenters. The Labute approximate surface area is 126 Å². The van der Waals surface area contributed by atoms with Gasteiger partial charge in [0.15, 0.2) is 5.78 Å². The quantitative estimate of drug-likeness (QED) is 0.695. The van der Waals surface area contributed by atoms with Crippen LogP contribution in [0.4, 0.5) is 5.69 Å². The number of carbonyl (C=O) groups is 1. The molecule has 2 aromatic rings. The van der Waals surface area contributed by atoms with E-state index in [1.165, 1.54) is 0 Å². The highest BCUT2D eigenvalue weighted by atomic mass is 16.5. The van der Waals surface area contributed by atoms with Gasteiger partial charge in [-0.3, -0.25) is 4.79 Å². The van der Waals surface area contributed by atoms with E-state index in [4.69, 9.17) is 4.74 Å². The molecule has 0 fully saturated rings. The fourth-order valence-corrected chi connectivity index (χ4v) is 2.22. The van der Waals surface area contributed by atoms with Crippen LogP contribution in [0.5, 0.6) is 0 Å². The van der Waals surface area contributed by atoms with Gasteiger partial charge in [0.05, 0.1) is 6.61 Å². The third-order valence-electron chi connectivity index (χ3n) is 3.39. The highest BCUT2D eigenvalue weighted by molar-refractivity contribution is 5.96. The van der Waals surface area contributed by atoms with Crippen LogP contribution in [0.2, 0.25) is 0 Å². The minimum atomic E-state index is 0.175. The highest BCUT2D eigenvalue weighted by Gasteiger charge is 2.10. The number of hydrogen-bond acceptors (Lipinski definition) is 3. The smallest absolute Gasteiger partial charge is 0.164 e. The van der Waals surface area contributed by atoms with Crippen molar-refractivity contribution in [2.45, 2.75) is 6.42 Å². The molecule has 0 N–H and O–H groups in total. The highest BCUT2D eigenvalue weighted by Crippen LogP contribution is 2.14. The van der Waals surface area contributed by atoms with E-state index in [0.717, 1.165) is 17.8 Å². The molecule has 0 aliphatic heterocycles.